The maximum Gasteiger partial charge on any atom is 0.0550 e. The van der Waals surface area contributed by atoms with E-state index < -0.39 is 0 Å². The second-order valence-electron chi connectivity index (χ2n) is 4.13. The summed E-state index contributed by atoms with van der Waals surface area (Å²) >= 11 is 9.62. The van der Waals surface area contributed by atoms with Gasteiger partial charge in [-0.3, -0.25) is 0 Å². The highest BCUT2D eigenvalue weighted by Crippen LogP contribution is 2.29. The molecule has 2 rings (SSSR count). The van der Waals surface area contributed by atoms with Crippen LogP contribution in [0.2, 0.25) is 5.02 Å². The molecule has 0 aromatic heterocycles. The normalized spacial score (nSPS) is 21.6. The molecule has 82 valence electrons. The molecule has 0 spiro atoms. The first kappa shape index (κ1) is 11.4. The molecule has 1 saturated heterocycles. The number of hydrogen-bond acceptors (Lipinski definition) is 1. The van der Waals surface area contributed by atoms with Crippen molar-refractivity contribution in [1.82, 2.24) is 5.32 Å². The average molecular weight is 289 g/mol. The molecule has 0 radical (unpaired) electrons. The van der Waals surface area contributed by atoms with E-state index in [4.69, 9.17) is 11.6 Å². The van der Waals surface area contributed by atoms with Gasteiger partial charge >= 0.3 is 0 Å². The van der Waals surface area contributed by atoms with Crippen molar-refractivity contribution >= 4 is 27.5 Å². The first-order valence-electron chi connectivity index (χ1n) is 5.41. The smallest absolute Gasteiger partial charge is 0.0550 e. The van der Waals surface area contributed by atoms with Crippen LogP contribution in [-0.2, 0) is 6.42 Å². The second kappa shape index (κ2) is 5.33. The van der Waals surface area contributed by atoms with Crippen molar-refractivity contribution in [1.29, 1.82) is 0 Å². The van der Waals surface area contributed by atoms with Gasteiger partial charge in [-0.2, -0.15) is 0 Å². The summed E-state index contributed by atoms with van der Waals surface area (Å²) < 4.78 is 1.07. The second-order valence-corrected chi connectivity index (χ2v) is 5.33. The molecule has 1 N–H and O–H groups in total. The Balaban J connectivity index is 2.06. The Morgan fingerprint density at radius 1 is 1.47 bits per heavy atom. The number of piperidine rings is 1. The topological polar surface area (TPSA) is 12.0 Å². The Morgan fingerprint density at radius 2 is 2.33 bits per heavy atom. The van der Waals surface area contributed by atoms with E-state index in [2.05, 4.69) is 27.3 Å². The van der Waals surface area contributed by atoms with E-state index in [0.717, 1.165) is 28.4 Å². The molecule has 1 aromatic rings. The van der Waals surface area contributed by atoms with Crippen molar-refractivity contribution in [3.05, 3.63) is 33.3 Å². The third kappa shape index (κ3) is 2.96. The lowest BCUT2D eigenvalue weighted by molar-refractivity contribution is 0.376. The van der Waals surface area contributed by atoms with Crippen molar-refractivity contribution < 1.29 is 0 Å². The Hall–Kier alpha value is -0.0500. The predicted octanol–water partition coefficient (Wildman–Crippen LogP) is 3.64. The number of rotatable bonds is 2. The fourth-order valence-corrected chi connectivity index (χ4v) is 2.74. The van der Waals surface area contributed by atoms with Gasteiger partial charge in [0, 0.05) is 4.47 Å². The van der Waals surface area contributed by atoms with Gasteiger partial charge in [0.25, 0.3) is 0 Å². The van der Waals surface area contributed by atoms with Gasteiger partial charge in [0.15, 0.2) is 0 Å². The highest BCUT2D eigenvalue weighted by molar-refractivity contribution is 9.10. The predicted molar refractivity (Wildman–Crippen MR) is 68.4 cm³/mol. The van der Waals surface area contributed by atoms with Gasteiger partial charge in [-0.15, -0.1) is 0 Å². The van der Waals surface area contributed by atoms with Gasteiger partial charge in [0.1, 0.15) is 0 Å². The Kier molecular flexibility index (Phi) is 4.06. The summed E-state index contributed by atoms with van der Waals surface area (Å²) in [6, 6.07) is 6.11. The number of benzene rings is 1. The molecule has 0 aliphatic carbocycles. The molecular weight excluding hydrogens is 273 g/mol. The molecule has 0 saturated carbocycles. The highest BCUT2D eigenvalue weighted by atomic mass is 79.9. The van der Waals surface area contributed by atoms with Crippen LogP contribution in [0.4, 0.5) is 0 Å². The lowest BCUT2D eigenvalue weighted by atomic mass is 9.92. The summed E-state index contributed by atoms with van der Waals surface area (Å²) in [6.45, 7) is 2.31. The number of nitrogens with one attached hydrogen (secondary N) is 1. The summed E-state index contributed by atoms with van der Waals surface area (Å²) in [6.07, 6.45) is 3.74. The molecule has 0 amide bonds. The monoisotopic (exact) mass is 287 g/mol. The van der Waals surface area contributed by atoms with Crippen molar-refractivity contribution in [3.63, 3.8) is 0 Å². The molecule has 0 bridgehead atoms. The van der Waals surface area contributed by atoms with E-state index in [-0.39, 0.29) is 0 Å². The van der Waals surface area contributed by atoms with Crippen LogP contribution >= 0.6 is 27.5 Å². The van der Waals surface area contributed by atoms with Crippen molar-refractivity contribution in [3.8, 4) is 0 Å². The fraction of sp³-hybridized carbons (Fsp3) is 0.500. The van der Waals surface area contributed by atoms with E-state index in [1.807, 2.05) is 12.1 Å². The largest absolute Gasteiger partial charge is 0.316 e. The zero-order chi connectivity index (χ0) is 10.7. The van der Waals surface area contributed by atoms with E-state index in [1.165, 1.54) is 24.9 Å². The van der Waals surface area contributed by atoms with E-state index in [9.17, 15) is 0 Å². The third-order valence-corrected chi connectivity index (χ3v) is 4.42. The van der Waals surface area contributed by atoms with Crippen molar-refractivity contribution in [2.75, 3.05) is 13.1 Å². The fourth-order valence-electron chi connectivity index (χ4n) is 2.12. The summed E-state index contributed by atoms with van der Waals surface area (Å²) in [5.74, 6) is 0.758. The molecule has 1 atom stereocenters. The third-order valence-electron chi connectivity index (χ3n) is 2.94. The minimum absolute atomic E-state index is 0.758. The summed E-state index contributed by atoms with van der Waals surface area (Å²) in [5.41, 5.74) is 1.33. The van der Waals surface area contributed by atoms with Gasteiger partial charge in [-0.1, -0.05) is 23.7 Å². The van der Waals surface area contributed by atoms with Crippen LogP contribution < -0.4 is 5.32 Å². The van der Waals surface area contributed by atoms with Crippen LogP contribution in [0.3, 0.4) is 0 Å². The molecule has 1 nitrogen and oxygen atoms in total. The number of halogens is 2. The van der Waals surface area contributed by atoms with Gasteiger partial charge in [-0.05, 0) is 65.8 Å². The van der Waals surface area contributed by atoms with Gasteiger partial charge < -0.3 is 5.32 Å². The lowest BCUT2D eigenvalue weighted by Gasteiger charge is -2.23. The summed E-state index contributed by atoms with van der Waals surface area (Å²) in [7, 11) is 0. The Bertz CT molecular complexity index is 334. The SMILES string of the molecule is Clc1cccc(CC2CCCNC2)c1Br. The van der Waals surface area contributed by atoms with Gasteiger partial charge in [0.2, 0.25) is 0 Å². The maximum atomic E-state index is 6.07. The van der Waals surface area contributed by atoms with Gasteiger partial charge in [-0.25, -0.2) is 0 Å². The van der Waals surface area contributed by atoms with Crippen LogP contribution in [0.1, 0.15) is 18.4 Å². The van der Waals surface area contributed by atoms with Crippen LogP contribution in [0, 0.1) is 5.92 Å². The van der Waals surface area contributed by atoms with Crippen LogP contribution in [0.5, 0.6) is 0 Å². The quantitative estimate of drug-likeness (QED) is 0.876. The highest BCUT2D eigenvalue weighted by Gasteiger charge is 2.15. The summed E-state index contributed by atoms with van der Waals surface area (Å²) in [4.78, 5) is 0. The van der Waals surface area contributed by atoms with Crippen LogP contribution in [-0.4, -0.2) is 13.1 Å². The Morgan fingerprint density at radius 3 is 3.07 bits per heavy atom. The molecule has 1 aliphatic rings. The van der Waals surface area contributed by atoms with Crippen molar-refractivity contribution in [2.45, 2.75) is 19.3 Å². The maximum absolute atomic E-state index is 6.07. The average Bonchev–Trinajstić information content (AvgIpc) is 2.26. The van der Waals surface area contributed by atoms with Crippen LogP contribution in [0.25, 0.3) is 0 Å². The molecule has 1 fully saturated rings. The van der Waals surface area contributed by atoms with Crippen molar-refractivity contribution in [2.24, 2.45) is 5.92 Å². The summed E-state index contributed by atoms with van der Waals surface area (Å²) in [5, 5.41) is 4.26. The van der Waals surface area contributed by atoms with Gasteiger partial charge in [0.05, 0.1) is 5.02 Å². The minimum Gasteiger partial charge on any atom is -0.316 e. The van der Waals surface area contributed by atoms with E-state index in [1.54, 1.807) is 0 Å². The standard InChI is InChI=1S/C12H15BrClN/c13-12-10(4-1-5-11(12)14)7-9-3-2-6-15-8-9/h1,4-5,9,15H,2-3,6-8H2. The molecule has 1 aliphatic heterocycles. The molecule has 3 heteroatoms. The molecule has 1 heterocycles. The lowest BCUT2D eigenvalue weighted by Crippen LogP contribution is -2.30. The molecule has 1 unspecified atom stereocenters. The van der Waals surface area contributed by atoms with Crippen LogP contribution in [0.15, 0.2) is 22.7 Å². The first-order chi connectivity index (χ1) is 7.27. The minimum atomic E-state index is 0.758. The van der Waals surface area contributed by atoms with E-state index in [0.29, 0.717) is 0 Å². The zero-order valence-electron chi connectivity index (χ0n) is 8.60. The zero-order valence-corrected chi connectivity index (χ0v) is 10.9. The molecule has 1 aromatic carbocycles. The van der Waals surface area contributed by atoms with E-state index >= 15 is 0 Å². The molecular formula is C12H15BrClN. The molecule has 15 heavy (non-hydrogen) atoms. The number of hydrogen-bond donors (Lipinski definition) is 1. The first-order valence-corrected chi connectivity index (χ1v) is 6.58. The Labute approximate surface area is 104 Å².